The van der Waals surface area contributed by atoms with Gasteiger partial charge in [0.15, 0.2) is 5.78 Å². The van der Waals surface area contributed by atoms with Crippen molar-refractivity contribution >= 4 is 44.2 Å². The molecule has 0 N–H and O–H groups in total. The summed E-state index contributed by atoms with van der Waals surface area (Å²) in [5.41, 5.74) is 0.759. The molecule has 0 aliphatic carbocycles. The number of ketones is 1. The molecule has 104 valence electrons. The summed E-state index contributed by atoms with van der Waals surface area (Å²) < 4.78 is 1.02. The topological polar surface area (TPSA) is 30.0 Å². The molecule has 3 rings (SSSR count). The molecule has 0 saturated heterocycles. The van der Waals surface area contributed by atoms with Crippen LogP contribution >= 0.6 is 27.7 Å². The van der Waals surface area contributed by atoms with E-state index in [0.717, 1.165) is 25.7 Å². The number of carbonyl (C=O) groups is 1. The Morgan fingerprint density at radius 3 is 2.81 bits per heavy atom. The Labute approximate surface area is 135 Å². The molecule has 0 aliphatic rings. The largest absolute Gasteiger partial charge is 0.293 e. The van der Waals surface area contributed by atoms with Gasteiger partial charge in [0.1, 0.15) is 0 Å². The average molecular weight is 358 g/mol. The van der Waals surface area contributed by atoms with Crippen LogP contribution in [-0.4, -0.2) is 16.5 Å². The van der Waals surface area contributed by atoms with Crippen LogP contribution in [-0.2, 0) is 0 Å². The number of hydrogen-bond donors (Lipinski definition) is 0. The number of fused-ring (bicyclic) bond motifs is 1. The van der Waals surface area contributed by atoms with Crippen LogP contribution in [0.5, 0.6) is 0 Å². The van der Waals surface area contributed by atoms with Crippen molar-refractivity contribution in [2.75, 3.05) is 5.75 Å². The lowest BCUT2D eigenvalue weighted by Crippen LogP contribution is -2.03. The Morgan fingerprint density at radius 2 is 1.95 bits per heavy atom. The van der Waals surface area contributed by atoms with Crippen molar-refractivity contribution in [1.82, 2.24) is 4.98 Å². The minimum atomic E-state index is 0.132. The predicted molar refractivity (Wildman–Crippen MR) is 90.9 cm³/mol. The zero-order chi connectivity index (χ0) is 14.7. The van der Waals surface area contributed by atoms with Crippen molar-refractivity contribution in [3.05, 3.63) is 71.0 Å². The Morgan fingerprint density at radius 1 is 1.10 bits per heavy atom. The van der Waals surface area contributed by atoms with Gasteiger partial charge in [0, 0.05) is 32.7 Å². The van der Waals surface area contributed by atoms with Crippen molar-refractivity contribution < 1.29 is 4.79 Å². The maximum Gasteiger partial charge on any atom is 0.173 e. The van der Waals surface area contributed by atoms with Gasteiger partial charge in [-0.25, -0.2) is 0 Å². The monoisotopic (exact) mass is 357 g/mol. The lowest BCUT2D eigenvalue weighted by Gasteiger charge is -2.06. The lowest BCUT2D eigenvalue weighted by atomic mass is 10.0. The third-order valence-electron chi connectivity index (χ3n) is 3.18. The number of benzene rings is 2. The summed E-state index contributed by atoms with van der Waals surface area (Å²) in [5.74, 6) is 0.553. The van der Waals surface area contributed by atoms with Crippen molar-refractivity contribution in [3.8, 4) is 0 Å². The summed E-state index contributed by atoms with van der Waals surface area (Å²) in [5, 5.41) is 1.96. The Kier molecular flexibility index (Phi) is 4.36. The summed E-state index contributed by atoms with van der Waals surface area (Å²) >= 11 is 5.05. The average Bonchev–Trinajstić information content (AvgIpc) is 2.53. The van der Waals surface area contributed by atoms with E-state index < -0.39 is 0 Å². The van der Waals surface area contributed by atoms with Crippen molar-refractivity contribution in [2.24, 2.45) is 0 Å². The Balaban J connectivity index is 1.83. The van der Waals surface area contributed by atoms with Crippen LogP contribution in [0.2, 0.25) is 0 Å². The molecule has 0 amide bonds. The minimum absolute atomic E-state index is 0.132. The van der Waals surface area contributed by atoms with Crippen molar-refractivity contribution in [2.45, 2.75) is 4.90 Å². The zero-order valence-electron chi connectivity index (χ0n) is 11.1. The number of halogens is 1. The van der Waals surface area contributed by atoms with Crippen LogP contribution in [0.4, 0.5) is 0 Å². The first-order valence-electron chi connectivity index (χ1n) is 6.49. The SMILES string of the molecule is O=C(CSc1ccccc1Br)c1cccc2cnccc12. The molecule has 0 spiro atoms. The number of hydrogen-bond acceptors (Lipinski definition) is 3. The number of aromatic nitrogens is 1. The highest BCUT2D eigenvalue weighted by Crippen LogP contribution is 2.28. The van der Waals surface area contributed by atoms with E-state index in [9.17, 15) is 4.79 Å². The molecule has 1 heterocycles. The number of pyridine rings is 1. The summed E-state index contributed by atoms with van der Waals surface area (Å²) in [6.07, 6.45) is 3.51. The van der Waals surface area contributed by atoms with Gasteiger partial charge >= 0.3 is 0 Å². The molecule has 4 heteroatoms. The summed E-state index contributed by atoms with van der Waals surface area (Å²) in [6.45, 7) is 0. The highest BCUT2D eigenvalue weighted by atomic mass is 79.9. The van der Waals surface area contributed by atoms with Gasteiger partial charge in [0.25, 0.3) is 0 Å². The third kappa shape index (κ3) is 3.17. The van der Waals surface area contributed by atoms with Gasteiger partial charge in [-0.15, -0.1) is 11.8 Å². The fraction of sp³-hybridized carbons (Fsp3) is 0.0588. The van der Waals surface area contributed by atoms with Gasteiger partial charge in [-0.3, -0.25) is 9.78 Å². The van der Waals surface area contributed by atoms with E-state index in [2.05, 4.69) is 20.9 Å². The third-order valence-corrected chi connectivity index (χ3v) is 5.20. The number of carbonyl (C=O) groups excluding carboxylic acids is 1. The molecule has 0 atom stereocenters. The zero-order valence-corrected chi connectivity index (χ0v) is 13.5. The minimum Gasteiger partial charge on any atom is -0.293 e. The molecule has 0 fully saturated rings. The smallest absolute Gasteiger partial charge is 0.173 e. The quantitative estimate of drug-likeness (QED) is 0.487. The van der Waals surface area contributed by atoms with E-state index in [1.54, 1.807) is 24.2 Å². The van der Waals surface area contributed by atoms with Crippen LogP contribution in [0.25, 0.3) is 10.8 Å². The number of nitrogens with zero attached hydrogens (tertiary/aromatic N) is 1. The fourth-order valence-corrected chi connectivity index (χ4v) is 3.60. The van der Waals surface area contributed by atoms with E-state index in [1.807, 2.05) is 48.5 Å². The first-order chi connectivity index (χ1) is 10.3. The number of rotatable bonds is 4. The Hall–Kier alpha value is -1.65. The maximum atomic E-state index is 12.5. The van der Waals surface area contributed by atoms with E-state index >= 15 is 0 Å². The van der Waals surface area contributed by atoms with Crippen molar-refractivity contribution in [1.29, 1.82) is 0 Å². The lowest BCUT2D eigenvalue weighted by molar-refractivity contribution is 0.102. The standard InChI is InChI=1S/C17H12BrNOS/c18-15-6-1-2-7-17(15)21-11-16(20)14-5-3-4-12-10-19-9-8-13(12)14/h1-10H,11H2. The predicted octanol–water partition coefficient (Wildman–Crippen LogP) is 4.97. The highest BCUT2D eigenvalue weighted by molar-refractivity contribution is 9.10. The number of Topliss-reactive ketones (excluding diaryl/α,β-unsaturated/α-hetero) is 1. The Bertz CT molecular complexity index is 798. The van der Waals surface area contributed by atoms with Gasteiger partial charge in [-0.1, -0.05) is 30.3 Å². The van der Waals surface area contributed by atoms with E-state index in [-0.39, 0.29) is 5.78 Å². The second-order valence-electron chi connectivity index (χ2n) is 4.54. The normalized spacial score (nSPS) is 10.7. The summed E-state index contributed by atoms with van der Waals surface area (Å²) in [7, 11) is 0. The molecular weight excluding hydrogens is 346 g/mol. The summed E-state index contributed by atoms with van der Waals surface area (Å²) in [6, 6.07) is 15.6. The maximum absolute atomic E-state index is 12.5. The van der Waals surface area contributed by atoms with Crippen LogP contribution < -0.4 is 0 Å². The molecule has 0 aliphatic heterocycles. The van der Waals surface area contributed by atoms with Crippen molar-refractivity contribution in [3.63, 3.8) is 0 Å². The summed E-state index contributed by atoms with van der Waals surface area (Å²) in [4.78, 5) is 17.7. The van der Waals surface area contributed by atoms with Crippen LogP contribution in [0.3, 0.4) is 0 Å². The second-order valence-corrected chi connectivity index (χ2v) is 6.42. The first-order valence-corrected chi connectivity index (χ1v) is 8.27. The second kappa shape index (κ2) is 6.41. The number of thioether (sulfide) groups is 1. The molecule has 1 aromatic heterocycles. The first kappa shape index (κ1) is 14.3. The van der Waals surface area contributed by atoms with Crippen LogP contribution in [0.1, 0.15) is 10.4 Å². The van der Waals surface area contributed by atoms with Crippen LogP contribution in [0, 0.1) is 0 Å². The molecular formula is C17H12BrNOS. The molecule has 2 aromatic carbocycles. The van der Waals surface area contributed by atoms with Crippen LogP contribution in [0.15, 0.2) is 70.3 Å². The molecule has 21 heavy (non-hydrogen) atoms. The van der Waals surface area contributed by atoms with Gasteiger partial charge in [-0.05, 0) is 39.5 Å². The molecule has 0 saturated carbocycles. The highest BCUT2D eigenvalue weighted by Gasteiger charge is 2.11. The molecule has 3 aromatic rings. The van der Waals surface area contributed by atoms with Gasteiger partial charge in [0.05, 0.1) is 5.75 Å². The van der Waals surface area contributed by atoms with Gasteiger partial charge in [0.2, 0.25) is 0 Å². The van der Waals surface area contributed by atoms with Gasteiger partial charge in [-0.2, -0.15) is 0 Å². The molecule has 0 radical (unpaired) electrons. The van der Waals surface area contributed by atoms with E-state index in [0.29, 0.717) is 5.75 Å². The fourth-order valence-electron chi connectivity index (χ4n) is 2.15. The molecule has 2 nitrogen and oxygen atoms in total. The van der Waals surface area contributed by atoms with E-state index in [4.69, 9.17) is 0 Å². The molecule has 0 unspecified atom stereocenters. The molecule has 0 bridgehead atoms. The van der Waals surface area contributed by atoms with E-state index in [1.165, 1.54) is 0 Å². The van der Waals surface area contributed by atoms with Gasteiger partial charge < -0.3 is 0 Å².